The number of ketones is 1. The Morgan fingerprint density at radius 3 is 1.78 bits per heavy atom. The minimum absolute atomic E-state index is 0.155. The van der Waals surface area contributed by atoms with Crippen molar-refractivity contribution in [3.05, 3.63) is 69.3 Å². The van der Waals surface area contributed by atoms with Crippen LogP contribution in [0.1, 0.15) is 53.3 Å². The highest BCUT2D eigenvalue weighted by atomic mass is 16.4. The zero-order chi connectivity index (χ0) is 17.3. The van der Waals surface area contributed by atoms with E-state index in [4.69, 9.17) is 10.2 Å². The van der Waals surface area contributed by atoms with Crippen LogP contribution in [0.5, 0.6) is 0 Å². The fraction of sp³-hybridized carbons (Fsp3) is 0.167. The molecule has 0 aliphatic heterocycles. The molecule has 23 heavy (non-hydrogen) atoms. The smallest absolute Gasteiger partial charge is 0.336 e. The van der Waals surface area contributed by atoms with Gasteiger partial charge in [-0.1, -0.05) is 23.8 Å². The van der Waals surface area contributed by atoms with Crippen molar-refractivity contribution in [2.45, 2.75) is 20.8 Å². The molecule has 0 saturated heterocycles. The van der Waals surface area contributed by atoms with Gasteiger partial charge in [0, 0.05) is 11.1 Å². The number of carbonyl (C=O) groups is 3. The lowest BCUT2D eigenvalue weighted by molar-refractivity contribution is 0.0651. The van der Waals surface area contributed by atoms with Crippen LogP contribution in [0.15, 0.2) is 30.3 Å². The van der Waals surface area contributed by atoms with E-state index in [0.29, 0.717) is 5.56 Å². The van der Waals surface area contributed by atoms with E-state index >= 15 is 0 Å². The van der Waals surface area contributed by atoms with Crippen molar-refractivity contribution >= 4 is 17.7 Å². The van der Waals surface area contributed by atoms with Gasteiger partial charge in [0.25, 0.3) is 0 Å². The lowest BCUT2D eigenvalue weighted by atomic mass is 9.91. The van der Waals surface area contributed by atoms with Gasteiger partial charge in [-0.2, -0.15) is 0 Å². The molecule has 0 amide bonds. The van der Waals surface area contributed by atoms with Gasteiger partial charge < -0.3 is 10.2 Å². The molecule has 118 valence electrons. The van der Waals surface area contributed by atoms with E-state index in [9.17, 15) is 14.4 Å². The molecule has 0 saturated carbocycles. The minimum Gasteiger partial charge on any atom is -0.478 e. The van der Waals surface area contributed by atoms with Crippen LogP contribution in [-0.4, -0.2) is 27.9 Å². The zero-order valence-corrected chi connectivity index (χ0v) is 13.0. The van der Waals surface area contributed by atoms with Crippen LogP contribution in [0.4, 0.5) is 0 Å². The fourth-order valence-corrected chi connectivity index (χ4v) is 2.73. The Hall–Kier alpha value is -2.95. The summed E-state index contributed by atoms with van der Waals surface area (Å²) in [5.41, 5.74) is 2.55. The summed E-state index contributed by atoms with van der Waals surface area (Å²) in [5, 5.41) is 18.2. The molecule has 0 aromatic heterocycles. The molecule has 2 aromatic carbocycles. The van der Waals surface area contributed by atoms with Crippen LogP contribution in [-0.2, 0) is 0 Å². The third kappa shape index (κ3) is 3.13. The SMILES string of the molecule is Cc1cc(C)c(C(=O)c2ccc(C(=O)O)c(C(=O)O)c2)c(C)c1. The number of hydrogen-bond donors (Lipinski definition) is 2. The normalized spacial score (nSPS) is 10.4. The lowest BCUT2D eigenvalue weighted by Crippen LogP contribution is -2.12. The topological polar surface area (TPSA) is 91.7 Å². The lowest BCUT2D eigenvalue weighted by Gasteiger charge is -2.11. The summed E-state index contributed by atoms with van der Waals surface area (Å²) in [6.45, 7) is 5.56. The number of aromatic carboxylic acids is 2. The van der Waals surface area contributed by atoms with Crippen LogP contribution < -0.4 is 0 Å². The molecule has 0 fully saturated rings. The number of benzene rings is 2. The molecule has 0 radical (unpaired) electrons. The Kier molecular flexibility index (Phi) is 4.31. The first-order valence-electron chi connectivity index (χ1n) is 6.95. The van der Waals surface area contributed by atoms with E-state index < -0.39 is 17.5 Å². The molecule has 0 unspecified atom stereocenters. The molecule has 2 N–H and O–H groups in total. The average molecular weight is 312 g/mol. The quantitative estimate of drug-likeness (QED) is 0.846. The summed E-state index contributed by atoms with van der Waals surface area (Å²) in [6, 6.07) is 7.37. The second kappa shape index (κ2) is 6.04. The molecule has 5 heteroatoms. The maximum atomic E-state index is 12.7. The Morgan fingerprint density at radius 2 is 1.30 bits per heavy atom. The first-order valence-corrected chi connectivity index (χ1v) is 6.95. The Bertz CT molecular complexity index is 810. The Morgan fingerprint density at radius 1 is 0.783 bits per heavy atom. The van der Waals surface area contributed by atoms with Crippen molar-refractivity contribution in [3.63, 3.8) is 0 Å². The van der Waals surface area contributed by atoms with Gasteiger partial charge in [0.1, 0.15) is 0 Å². The van der Waals surface area contributed by atoms with Gasteiger partial charge >= 0.3 is 11.9 Å². The van der Waals surface area contributed by atoms with Gasteiger partial charge in [0.05, 0.1) is 11.1 Å². The second-order valence-electron chi connectivity index (χ2n) is 5.47. The van der Waals surface area contributed by atoms with Crippen molar-refractivity contribution in [3.8, 4) is 0 Å². The molecular formula is C18H16O5. The third-order valence-electron chi connectivity index (χ3n) is 3.65. The highest BCUT2D eigenvalue weighted by Crippen LogP contribution is 2.22. The summed E-state index contributed by atoms with van der Waals surface area (Å²) in [6.07, 6.45) is 0. The summed E-state index contributed by atoms with van der Waals surface area (Å²) < 4.78 is 0. The molecule has 0 heterocycles. The van der Waals surface area contributed by atoms with E-state index in [-0.39, 0.29) is 16.9 Å². The van der Waals surface area contributed by atoms with Crippen LogP contribution in [0.2, 0.25) is 0 Å². The average Bonchev–Trinajstić information content (AvgIpc) is 2.45. The van der Waals surface area contributed by atoms with Crippen molar-refractivity contribution in [2.75, 3.05) is 0 Å². The predicted molar refractivity (Wildman–Crippen MR) is 84.4 cm³/mol. The number of carboxylic acids is 2. The standard InChI is InChI=1S/C18H16O5/c1-9-6-10(2)15(11(3)7-9)16(19)12-4-5-13(17(20)21)14(8-12)18(22)23/h4-8H,1-3H3,(H,20,21)(H,22,23). The van der Waals surface area contributed by atoms with Crippen LogP contribution >= 0.6 is 0 Å². The summed E-state index contributed by atoms with van der Waals surface area (Å²) in [5.74, 6) is -3.04. The van der Waals surface area contributed by atoms with E-state index in [2.05, 4.69) is 0 Å². The van der Waals surface area contributed by atoms with Gasteiger partial charge in [-0.05, 0) is 44.0 Å². The molecule has 5 nitrogen and oxygen atoms in total. The van der Waals surface area contributed by atoms with Crippen molar-refractivity contribution < 1.29 is 24.6 Å². The van der Waals surface area contributed by atoms with Gasteiger partial charge in [-0.25, -0.2) is 9.59 Å². The van der Waals surface area contributed by atoms with Crippen molar-refractivity contribution in [1.29, 1.82) is 0 Å². The maximum absolute atomic E-state index is 12.7. The highest BCUT2D eigenvalue weighted by Gasteiger charge is 2.21. The number of rotatable bonds is 4. The second-order valence-corrected chi connectivity index (χ2v) is 5.47. The maximum Gasteiger partial charge on any atom is 0.336 e. The summed E-state index contributed by atoms with van der Waals surface area (Å²) in [7, 11) is 0. The summed E-state index contributed by atoms with van der Waals surface area (Å²) >= 11 is 0. The predicted octanol–water partition coefficient (Wildman–Crippen LogP) is 3.24. The molecule has 0 aliphatic rings. The van der Waals surface area contributed by atoms with Gasteiger partial charge in [-0.3, -0.25) is 4.79 Å². The Labute approximate surface area is 133 Å². The number of carbonyl (C=O) groups excluding carboxylic acids is 1. The van der Waals surface area contributed by atoms with E-state index in [1.165, 1.54) is 6.07 Å². The van der Waals surface area contributed by atoms with Gasteiger partial charge in [0.2, 0.25) is 0 Å². The molecule has 2 rings (SSSR count). The van der Waals surface area contributed by atoms with Crippen LogP contribution in [0.25, 0.3) is 0 Å². The molecule has 0 bridgehead atoms. The zero-order valence-electron chi connectivity index (χ0n) is 13.0. The fourth-order valence-electron chi connectivity index (χ4n) is 2.73. The van der Waals surface area contributed by atoms with E-state index in [0.717, 1.165) is 28.8 Å². The monoisotopic (exact) mass is 312 g/mol. The highest BCUT2D eigenvalue weighted by molar-refractivity contribution is 6.12. The number of hydrogen-bond acceptors (Lipinski definition) is 3. The number of aryl methyl sites for hydroxylation is 3. The van der Waals surface area contributed by atoms with Crippen LogP contribution in [0, 0.1) is 20.8 Å². The van der Waals surface area contributed by atoms with Crippen LogP contribution in [0.3, 0.4) is 0 Å². The molecule has 0 aliphatic carbocycles. The summed E-state index contributed by atoms with van der Waals surface area (Å²) in [4.78, 5) is 35.0. The minimum atomic E-state index is -1.38. The molecular weight excluding hydrogens is 296 g/mol. The Balaban J connectivity index is 2.59. The molecule has 0 atom stereocenters. The molecule has 2 aromatic rings. The number of carboxylic acid groups (broad SMARTS) is 2. The van der Waals surface area contributed by atoms with Gasteiger partial charge in [-0.15, -0.1) is 0 Å². The van der Waals surface area contributed by atoms with Gasteiger partial charge in [0.15, 0.2) is 5.78 Å². The van der Waals surface area contributed by atoms with Crippen molar-refractivity contribution in [1.82, 2.24) is 0 Å². The van der Waals surface area contributed by atoms with E-state index in [1.54, 1.807) is 0 Å². The first-order chi connectivity index (χ1) is 10.7. The third-order valence-corrected chi connectivity index (χ3v) is 3.65. The van der Waals surface area contributed by atoms with E-state index in [1.807, 2.05) is 32.9 Å². The largest absolute Gasteiger partial charge is 0.478 e. The molecule has 0 spiro atoms. The first kappa shape index (κ1) is 16.4. The van der Waals surface area contributed by atoms with Crippen molar-refractivity contribution in [2.24, 2.45) is 0 Å².